The number of nitro groups is 1. The van der Waals surface area contributed by atoms with Crippen LogP contribution < -0.4 is 5.43 Å². The molecule has 0 bridgehead atoms. The van der Waals surface area contributed by atoms with Crippen molar-refractivity contribution >= 4 is 40.6 Å². The average Bonchev–Trinajstić information content (AvgIpc) is 2.56. The molecule has 0 heterocycles. The summed E-state index contributed by atoms with van der Waals surface area (Å²) in [6.07, 6.45) is -0.109. The Morgan fingerprint density at radius 3 is 2.52 bits per heavy atom. The van der Waals surface area contributed by atoms with Crippen molar-refractivity contribution in [3.63, 3.8) is 0 Å². The van der Waals surface area contributed by atoms with Gasteiger partial charge in [0.1, 0.15) is 11.4 Å². The minimum absolute atomic E-state index is 0.0357. The normalized spacial score (nSPS) is 10.9. The summed E-state index contributed by atoms with van der Waals surface area (Å²) in [4.78, 5) is 33.8. The van der Waals surface area contributed by atoms with Crippen LogP contribution in [0.3, 0.4) is 0 Å². The van der Waals surface area contributed by atoms with Crippen LogP contribution in [0.4, 0.5) is 11.4 Å². The van der Waals surface area contributed by atoms with Crippen molar-refractivity contribution in [2.75, 3.05) is 18.6 Å². The smallest absolute Gasteiger partial charge is 0.354 e. The molecule has 0 aliphatic heterocycles. The first kappa shape index (κ1) is 20.4. The minimum Gasteiger partial charge on any atom is -0.466 e. The van der Waals surface area contributed by atoms with Gasteiger partial charge in [0.05, 0.1) is 24.6 Å². The van der Waals surface area contributed by atoms with Gasteiger partial charge in [-0.15, -0.1) is 0 Å². The van der Waals surface area contributed by atoms with E-state index in [0.717, 1.165) is 6.07 Å². The fourth-order valence-corrected chi connectivity index (χ4v) is 1.92. The van der Waals surface area contributed by atoms with Crippen LogP contribution in [0.25, 0.3) is 0 Å². The lowest BCUT2D eigenvalue weighted by Crippen LogP contribution is -2.20. The van der Waals surface area contributed by atoms with Crippen molar-refractivity contribution in [2.45, 2.75) is 26.7 Å². The lowest BCUT2D eigenvalue weighted by atomic mass is 10.2. The molecule has 0 aliphatic rings. The SMILES string of the molecule is CCOC(=O)CC/C(=N/Nc1ccc(Cl)cc1[N+](=O)[O-])C(=O)OCC. The van der Waals surface area contributed by atoms with Gasteiger partial charge in [-0.05, 0) is 26.0 Å². The Morgan fingerprint density at radius 2 is 1.92 bits per heavy atom. The highest BCUT2D eigenvalue weighted by Gasteiger charge is 2.18. The van der Waals surface area contributed by atoms with Gasteiger partial charge in [-0.2, -0.15) is 5.10 Å². The zero-order valence-corrected chi connectivity index (χ0v) is 14.5. The van der Waals surface area contributed by atoms with Crippen LogP contribution in [0.2, 0.25) is 5.02 Å². The van der Waals surface area contributed by atoms with Crippen molar-refractivity contribution in [3.05, 3.63) is 33.3 Å². The molecule has 10 heteroatoms. The first-order valence-electron chi connectivity index (χ1n) is 7.48. The van der Waals surface area contributed by atoms with Crippen LogP contribution in [-0.2, 0) is 19.1 Å². The summed E-state index contributed by atoms with van der Waals surface area (Å²) in [5.74, 6) is -1.21. The number of benzene rings is 1. The molecule has 1 N–H and O–H groups in total. The molecule has 1 aromatic carbocycles. The molecule has 0 radical (unpaired) electrons. The van der Waals surface area contributed by atoms with Crippen LogP contribution in [0.1, 0.15) is 26.7 Å². The van der Waals surface area contributed by atoms with Crippen molar-refractivity contribution in [1.29, 1.82) is 0 Å². The molecule has 0 spiro atoms. The average molecular weight is 372 g/mol. The summed E-state index contributed by atoms with van der Waals surface area (Å²) in [6.45, 7) is 3.64. The Kier molecular flexibility index (Phi) is 8.34. The van der Waals surface area contributed by atoms with E-state index in [1.165, 1.54) is 12.1 Å². The topological polar surface area (TPSA) is 120 Å². The Morgan fingerprint density at radius 1 is 1.24 bits per heavy atom. The number of halogens is 1. The Labute approximate surface area is 149 Å². The van der Waals surface area contributed by atoms with E-state index in [1.54, 1.807) is 13.8 Å². The zero-order valence-electron chi connectivity index (χ0n) is 13.8. The van der Waals surface area contributed by atoms with Gasteiger partial charge >= 0.3 is 11.9 Å². The summed E-state index contributed by atoms with van der Waals surface area (Å²) >= 11 is 5.74. The quantitative estimate of drug-likeness (QED) is 0.306. The highest BCUT2D eigenvalue weighted by molar-refractivity contribution is 6.36. The third kappa shape index (κ3) is 6.76. The van der Waals surface area contributed by atoms with Gasteiger partial charge in [-0.3, -0.25) is 20.3 Å². The number of nitro benzene ring substituents is 1. The number of hydrogen-bond donors (Lipinski definition) is 1. The van der Waals surface area contributed by atoms with Gasteiger partial charge in [0.25, 0.3) is 5.69 Å². The van der Waals surface area contributed by atoms with Crippen molar-refractivity contribution in [3.8, 4) is 0 Å². The number of nitrogens with zero attached hydrogens (tertiary/aromatic N) is 2. The molecule has 1 aromatic rings. The first-order valence-corrected chi connectivity index (χ1v) is 7.86. The van der Waals surface area contributed by atoms with Crippen LogP contribution in [0.5, 0.6) is 0 Å². The number of carbonyl (C=O) groups is 2. The Hall–Kier alpha value is -2.68. The van der Waals surface area contributed by atoms with Crippen LogP contribution >= 0.6 is 11.6 Å². The molecule has 0 aliphatic carbocycles. The molecule has 9 nitrogen and oxygen atoms in total. The van der Waals surface area contributed by atoms with E-state index in [1.807, 2.05) is 0 Å². The number of hydrazone groups is 1. The molecule has 0 saturated carbocycles. The van der Waals surface area contributed by atoms with Gasteiger partial charge in [0, 0.05) is 17.5 Å². The van der Waals surface area contributed by atoms with Crippen LogP contribution in [0, 0.1) is 10.1 Å². The van der Waals surface area contributed by atoms with Gasteiger partial charge in [0.15, 0.2) is 0 Å². The predicted molar refractivity (Wildman–Crippen MR) is 91.7 cm³/mol. The number of nitrogens with one attached hydrogen (secondary N) is 1. The second-order valence-corrected chi connectivity index (χ2v) is 5.05. The molecule has 0 fully saturated rings. The van der Waals surface area contributed by atoms with Crippen molar-refractivity contribution < 1.29 is 24.0 Å². The number of ether oxygens (including phenoxy) is 2. The van der Waals surface area contributed by atoms with E-state index in [2.05, 4.69) is 10.5 Å². The maximum absolute atomic E-state index is 11.9. The van der Waals surface area contributed by atoms with E-state index in [9.17, 15) is 19.7 Å². The van der Waals surface area contributed by atoms with E-state index >= 15 is 0 Å². The maximum Gasteiger partial charge on any atom is 0.354 e. The highest BCUT2D eigenvalue weighted by Crippen LogP contribution is 2.27. The van der Waals surface area contributed by atoms with E-state index in [-0.39, 0.29) is 48.2 Å². The monoisotopic (exact) mass is 371 g/mol. The molecule has 1 rings (SSSR count). The van der Waals surface area contributed by atoms with Gasteiger partial charge < -0.3 is 9.47 Å². The van der Waals surface area contributed by atoms with Crippen molar-refractivity contribution in [2.24, 2.45) is 5.10 Å². The molecule has 25 heavy (non-hydrogen) atoms. The van der Waals surface area contributed by atoms with Crippen LogP contribution in [-0.4, -0.2) is 35.8 Å². The minimum atomic E-state index is -0.726. The highest BCUT2D eigenvalue weighted by atomic mass is 35.5. The van der Waals surface area contributed by atoms with E-state index < -0.39 is 16.9 Å². The molecule has 0 unspecified atom stereocenters. The van der Waals surface area contributed by atoms with Gasteiger partial charge in [0.2, 0.25) is 0 Å². The zero-order chi connectivity index (χ0) is 18.8. The molecule has 0 amide bonds. The fourth-order valence-electron chi connectivity index (χ4n) is 1.75. The molecular weight excluding hydrogens is 354 g/mol. The van der Waals surface area contributed by atoms with E-state index in [0.29, 0.717) is 0 Å². The predicted octanol–water partition coefficient (Wildman–Crippen LogP) is 2.92. The molecule has 0 saturated heterocycles. The number of carbonyl (C=O) groups excluding carboxylic acids is 2. The summed E-state index contributed by atoms with van der Waals surface area (Å²) in [6, 6.07) is 3.95. The largest absolute Gasteiger partial charge is 0.466 e. The molecule has 0 aromatic heterocycles. The standard InChI is InChI=1S/C15H18ClN3O6/c1-3-24-14(20)8-7-12(15(21)25-4-2)18-17-11-6-5-10(16)9-13(11)19(22)23/h5-6,9,17H,3-4,7-8H2,1-2H3/b18-12-. The first-order chi connectivity index (χ1) is 11.9. The second kappa shape index (κ2) is 10.2. The summed E-state index contributed by atoms with van der Waals surface area (Å²) in [7, 11) is 0. The Bertz CT molecular complexity index is 677. The molecule has 0 atom stereocenters. The number of rotatable bonds is 9. The van der Waals surface area contributed by atoms with Crippen molar-refractivity contribution in [1.82, 2.24) is 0 Å². The lowest BCUT2D eigenvalue weighted by Gasteiger charge is -2.08. The van der Waals surface area contributed by atoms with Crippen LogP contribution in [0.15, 0.2) is 23.3 Å². The summed E-state index contributed by atoms with van der Waals surface area (Å²) < 4.78 is 9.65. The lowest BCUT2D eigenvalue weighted by molar-refractivity contribution is -0.383. The Balaban J connectivity index is 2.96. The maximum atomic E-state index is 11.9. The number of esters is 2. The third-order valence-corrected chi connectivity index (χ3v) is 3.09. The number of anilines is 1. The third-order valence-electron chi connectivity index (χ3n) is 2.85. The summed E-state index contributed by atoms with van der Waals surface area (Å²) in [5, 5.41) is 15.1. The molecule has 136 valence electrons. The van der Waals surface area contributed by atoms with Gasteiger partial charge in [-0.25, -0.2) is 4.79 Å². The summed E-state index contributed by atoms with van der Waals surface area (Å²) in [5.41, 5.74) is 2.11. The van der Waals surface area contributed by atoms with E-state index in [4.69, 9.17) is 21.1 Å². The molecular formula is C15H18ClN3O6. The second-order valence-electron chi connectivity index (χ2n) is 4.61. The fraction of sp³-hybridized carbons (Fsp3) is 0.400. The van der Waals surface area contributed by atoms with Gasteiger partial charge in [-0.1, -0.05) is 11.6 Å². The number of hydrogen-bond acceptors (Lipinski definition) is 8.